The highest BCUT2D eigenvalue weighted by atomic mass is 79.9. The maximum atomic E-state index is 13.4. The zero-order valence-electron chi connectivity index (χ0n) is 22.3. The van der Waals surface area contributed by atoms with E-state index in [0.717, 1.165) is 21.2 Å². The molecule has 0 saturated heterocycles. The molecule has 0 spiro atoms. The Hall–Kier alpha value is -2.39. The molecule has 2 amide bonds. The average Bonchev–Trinajstić information content (AvgIpc) is 2.72. The molecule has 0 aliphatic heterocycles. The Morgan fingerprint density at radius 3 is 2.08 bits per heavy atom. The first-order chi connectivity index (χ1) is 16.6. The number of nitrogens with one attached hydrogen (secondary N) is 1. The smallest absolute Gasteiger partial charge is 0.242 e. The quantitative estimate of drug-likeness (QED) is 0.431. The Bertz CT molecular complexity index is 1150. The van der Waals surface area contributed by atoms with Crippen molar-refractivity contribution in [3.8, 4) is 0 Å². The van der Waals surface area contributed by atoms with Gasteiger partial charge in [0.2, 0.25) is 21.8 Å². The summed E-state index contributed by atoms with van der Waals surface area (Å²) in [6, 6.07) is 12.6. The Morgan fingerprint density at radius 1 is 1.03 bits per heavy atom. The molecule has 36 heavy (non-hydrogen) atoms. The predicted molar refractivity (Wildman–Crippen MR) is 149 cm³/mol. The van der Waals surface area contributed by atoms with Gasteiger partial charge in [-0.25, -0.2) is 8.42 Å². The molecule has 9 heteroatoms. The van der Waals surface area contributed by atoms with Crippen molar-refractivity contribution in [3.63, 3.8) is 0 Å². The van der Waals surface area contributed by atoms with Crippen molar-refractivity contribution in [2.75, 3.05) is 17.1 Å². The van der Waals surface area contributed by atoms with Crippen LogP contribution in [-0.4, -0.2) is 49.5 Å². The highest BCUT2D eigenvalue weighted by molar-refractivity contribution is 9.10. The number of rotatable bonds is 10. The summed E-state index contributed by atoms with van der Waals surface area (Å²) in [5.74, 6) is -0.440. The van der Waals surface area contributed by atoms with Gasteiger partial charge in [0.1, 0.15) is 6.04 Å². The van der Waals surface area contributed by atoms with Crippen LogP contribution in [0, 0.1) is 13.8 Å². The van der Waals surface area contributed by atoms with Crippen LogP contribution in [0.25, 0.3) is 0 Å². The van der Waals surface area contributed by atoms with Crippen LogP contribution >= 0.6 is 15.9 Å². The Morgan fingerprint density at radius 2 is 1.58 bits per heavy atom. The van der Waals surface area contributed by atoms with Crippen molar-refractivity contribution in [2.24, 2.45) is 0 Å². The molecule has 7 nitrogen and oxygen atoms in total. The lowest BCUT2D eigenvalue weighted by Gasteiger charge is -2.32. The van der Waals surface area contributed by atoms with E-state index >= 15 is 0 Å². The molecule has 198 valence electrons. The number of nitrogens with zero attached hydrogens (tertiary/aromatic N) is 2. The molecule has 2 aromatic rings. The monoisotopic (exact) mass is 579 g/mol. The number of anilines is 1. The zero-order chi connectivity index (χ0) is 27.3. The van der Waals surface area contributed by atoms with E-state index in [-0.39, 0.29) is 31.3 Å². The maximum Gasteiger partial charge on any atom is 0.242 e. The van der Waals surface area contributed by atoms with Gasteiger partial charge >= 0.3 is 0 Å². The summed E-state index contributed by atoms with van der Waals surface area (Å²) in [5, 5.41) is 2.95. The Kier molecular flexibility index (Phi) is 10.1. The van der Waals surface area contributed by atoms with Crippen LogP contribution in [0.4, 0.5) is 5.69 Å². The van der Waals surface area contributed by atoms with Gasteiger partial charge in [0.15, 0.2) is 0 Å². The first kappa shape index (κ1) is 29.8. The summed E-state index contributed by atoms with van der Waals surface area (Å²) in [4.78, 5) is 27.8. The van der Waals surface area contributed by atoms with Gasteiger partial charge in [0.05, 0.1) is 11.9 Å². The number of aryl methyl sites for hydroxylation is 2. The lowest BCUT2D eigenvalue weighted by atomic mass is 10.1. The van der Waals surface area contributed by atoms with Gasteiger partial charge in [-0.1, -0.05) is 34.1 Å². The van der Waals surface area contributed by atoms with Crippen LogP contribution in [0.3, 0.4) is 0 Å². The van der Waals surface area contributed by atoms with Gasteiger partial charge in [-0.3, -0.25) is 13.9 Å². The molecule has 0 fully saturated rings. The number of hydrogen-bond donors (Lipinski definition) is 1. The van der Waals surface area contributed by atoms with Crippen LogP contribution in [0.2, 0.25) is 0 Å². The molecule has 1 N–H and O–H groups in total. The van der Waals surface area contributed by atoms with Gasteiger partial charge in [0, 0.05) is 29.5 Å². The molecule has 0 aromatic heterocycles. The Labute approximate surface area is 224 Å². The molecule has 0 saturated carbocycles. The first-order valence-corrected chi connectivity index (χ1v) is 14.6. The lowest BCUT2D eigenvalue weighted by Crippen LogP contribution is -2.52. The normalized spacial score (nSPS) is 12.7. The minimum absolute atomic E-state index is 0.112. The molecule has 0 radical (unpaired) electrons. The molecule has 2 rings (SSSR count). The van der Waals surface area contributed by atoms with Crippen LogP contribution in [0.1, 0.15) is 57.2 Å². The van der Waals surface area contributed by atoms with Crippen molar-refractivity contribution < 1.29 is 18.0 Å². The molecule has 1 atom stereocenters. The minimum Gasteiger partial charge on any atom is -0.350 e. The average molecular weight is 581 g/mol. The van der Waals surface area contributed by atoms with E-state index in [9.17, 15) is 18.0 Å². The molecule has 0 heterocycles. The van der Waals surface area contributed by atoms with Gasteiger partial charge in [-0.2, -0.15) is 0 Å². The maximum absolute atomic E-state index is 13.4. The fourth-order valence-electron chi connectivity index (χ4n) is 3.94. The fraction of sp³-hybridized carbons (Fsp3) is 0.481. The second-order valence-electron chi connectivity index (χ2n) is 10.3. The molecule has 1 unspecified atom stereocenters. The van der Waals surface area contributed by atoms with Crippen LogP contribution in [0.5, 0.6) is 0 Å². The SMILES string of the molecule is Cc1cc(C)cc(N(CCCC(=O)N(Cc2ccc(Br)cc2)C(C)C(=O)NC(C)(C)C)S(C)(=O)=O)c1. The predicted octanol–water partition coefficient (Wildman–Crippen LogP) is 4.94. The molecular weight excluding hydrogens is 542 g/mol. The van der Waals surface area contributed by atoms with E-state index < -0.39 is 21.6 Å². The highest BCUT2D eigenvalue weighted by Gasteiger charge is 2.28. The van der Waals surface area contributed by atoms with Crippen molar-refractivity contribution in [2.45, 2.75) is 72.5 Å². The lowest BCUT2D eigenvalue weighted by molar-refractivity contribution is -0.141. The number of benzene rings is 2. The minimum atomic E-state index is -3.53. The number of carbonyl (C=O) groups is 2. The van der Waals surface area contributed by atoms with E-state index in [0.29, 0.717) is 12.1 Å². The van der Waals surface area contributed by atoms with Gasteiger partial charge < -0.3 is 10.2 Å². The van der Waals surface area contributed by atoms with Crippen LogP contribution < -0.4 is 9.62 Å². The second-order valence-corrected chi connectivity index (χ2v) is 13.2. The standard InChI is InChI=1S/C27H38BrN3O4S/c1-19-15-20(2)17-24(16-19)31(36(7,34)35)14-8-9-25(32)30(18-22-10-12-23(28)13-11-22)21(3)26(33)29-27(4,5)6/h10-13,15-17,21H,8-9,14,18H2,1-7H3,(H,29,33). The molecule has 0 aliphatic rings. The number of hydrogen-bond acceptors (Lipinski definition) is 4. The van der Waals surface area contributed by atoms with E-state index in [1.54, 1.807) is 11.8 Å². The Balaban J connectivity index is 2.21. The van der Waals surface area contributed by atoms with Gasteiger partial charge in [-0.05, 0) is 88.9 Å². The van der Waals surface area contributed by atoms with Crippen molar-refractivity contribution in [1.82, 2.24) is 10.2 Å². The highest BCUT2D eigenvalue weighted by Crippen LogP contribution is 2.22. The number of carbonyl (C=O) groups excluding carboxylic acids is 2. The van der Waals surface area contributed by atoms with Crippen molar-refractivity contribution in [1.29, 1.82) is 0 Å². The summed E-state index contributed by atoms with van der Waals surface area (Å²) >= 11 is 3.42. The zero-order valence-corrected chi connectivity index (χ0v) is 24.7. The molecule has 2 aromatic carbocycles. The molecular formula is C27H38BrN3O4S. The first-order valence-electron chi connectivity index (χ1n) is 12.0. The third kappa shape index (κ3) is 9.24. The molecule has 0 bridgehead atoms. The summed E-state index contributed by atoms with van der Waals surface area (Å²) in [6.45, 7) is 11.7. The van der Waals surface area contributed by atoms with Crippen molar-refractivity contribution >= 4 is 43.5 Å². The van der Waals surface area contributed by atoms with Gasteiger partial charge in [-0.15, -0.1) is 0 Å². The van der Waals surface area contributed by atoms with E-state index in [2.05, 4.69) is 21.2 Å². The van der Waals surface area contributed by atoms with Crippen LogP contribution in [0.15, 0.2) is 46.9 Å². The third-order valence-electron chi connectivity index (χ3n) is 5.58. The number of sulfonamides is 1. The van der Waals surface area contributed by atoms with Crippen LogP contribution in [-0.2, 0) is 26.2 Å². The largest absolute Gasteiger partial charge is 0.350 e. The van der Waals surface area contributed by atoms with Gasteiger partial charge in [0.25, 0.3) is 0 Å². The second kappa shape index (κ2) is 12.2. The third-order valence-corrected chi connectivity index (χ3v) is 7.30. The van der Waals surface area contributed by atoms with E-state index in [1.165, 1.54) is 10.6 Å². The van der Waals surface area contributed by atoms with Crippen molar-refractivity contribution in [3.05, 3.63) is 63.6 Å². The molecule has 0 aliphatic carbocycles. The van der Waals surface area contributed by atoms with E-state index in [1.807, 2.05) is 77.1 Å². The summed E-state index contributed by atoms with van der Waals surface area (Å²) < 4.78 is 27.3. The summed E-state index contributed by atoms with van der Waals surface area (Å²) in [5.41, 5.74) is 2.99. The van der Waals surface area contributed by atoms with E-state index in [4.69, 9.17) is 0 Å². The summed E-state index contributed by atoms with van der Waals surface area (Å²) in [7, 11) is -3.53. The number of halogens is 1. The summed E-state index contributed by atoms with van der Waals surface area (Å²) in [6.07, 6.45) is 1.61. The topological polar surface area (TPSA) is 86.8 Å². The fourth-order valence-corrected chi connectivity index (χ4v) is 5.16. The number of amides is 2.